The van der Waals surface area contributed by atoms with Gasteiger partial charge in [-0.05, 0) is 23.8 Å². The monoisotopic (exact) mass is 270 g/mol. The SMILES string of the molecule is C=C(C(=O)O)C(C)OC(=O)c1cccc2ccccc12. The van der Waals surface area contributed by atoms with Crippen LogP contribution in [0.4, 0.5) is 0 Å². The zero-order valence-electron chi connectivity index (χ0n) is 11.0. The van der Waals surface area contributed by atoms with E-state index in [0.717, 1.165) is 10.8 Å². The summed E-state index contributed by atoms with van der Waals surface area (Å²) in [7, 11) is 0. The minimum atomic E-state index is -1.18. The molecule has 1 atom stereocenters. The van der Waals surface area contributed by atoms with Gasteiger partial charge in [0.2, 0.25) is 0 Å². The van der Waals surface area contributed by atoms with E-state index in [1.807, 2.05) is 30.3 Å². The van der Waals surface area contributed by atoms with Gasteiger partial charge in [-0.15, -0.1) is 0 Å². The van der Waals surface area contributed by atoms with Gasteiger partial charge in [0, 0.05) is 0 Å². The summed E-state index contributed by atoms with van der Waals surface area (Å²) in [5.41, 5.74) is 0.256. The number of carbonyl (C=O) groups is 2. The van der Waals surface area contributed by atoms with Gasteiger partial charge < -0.3 is 9.84 Å². The Balaban J connectivity index is 2.28. The summed E-state index contributed by atoms with van der Waals surface area (Å²) in [6.45, 7) is 4.87. The lowest BCUT2D eigenvalue weighted by Gasteiger charge is -2.14. The van der Waals surface area contributed by atoms with E-state index < -0.39 is 18.0 Å². The van der Waals surface area contributed by atoms with Gasteiger partial charge in [-0.3, -0.25) is 0 Å². The van der Waals surface area contributed by atoms with Gasteiger partial charge >= 0.3 is 11.9 Å². The maximum absolute atomic E-state index is 12.1. The molecule has 0 aromatic heterocycles. The molecule has 0 bridgehead atoms. The minimum absolute atomic E-state index is 0.154. The number of fused-ring (bicyclic) bond motifs is 1. The molecule has 0 amide bonds. The Morgan fingerprint density at radius 2 is 1.80 bits per heavy atom. The van der Waals surface area contributed by atoms with Crippen molar-refractivity contribution in [2.75, 3.05) is 0 Å². The fraction of sp³-hybridized carbons (Fsp3) is 0.125. The largest absolute Gasteiger partial charge is 0.478 e. The molecule has 4 heteroatoms. The first kappa shape index (κ1) is 13.8. The molecule has 0 radical (unpaired) electrons. The number of hydrogen-bond donors (Lipinski definition) is 1. The Hall–Kier alpha value is -2.62. The van der Waals surface area contributed by atoms with Crippen LogP contribution in [0.25, 0.3) is 10.8 Å². The van der Waals surface area contributed by atoms with Gasteiger partial charge in [-0.25, -0.2) is 9.59 Å². The molecule has 2 aromatic carbocycles. The normalized spacial score (nSPS) is 11.8. The van der Waals surface area contributed by atoms with Crippen LogP contribution >= 0.6 is 0 Å². The Kier molecular flexibility index (Phi) is 3.84. The molecule has 102 valence electrons. The third-order valence-corrected chi connectivity index (χ3v) is 3.06. The molecule has 2 rings (SSSR count). The summed E-state index contributed by atoms with van der Waals surface area (Å²) >= 11 is 0. The van der Waals surface area contributed by atoms with Crippen LogP contribution in [0.3, 0.4) is 0 Å². The molecular formula is C16H14O4. The molecule has 4 nitrogen and oxygen atoms in total. The van der Waals surface area contributed by atoms with Crippen LogP contribution in [0, 0.1) is 0 Å². The van der Waals surface area contributed by atoms with Crippen LogP contribution in [0.15, 0.2) is 54.6 Å². The van der Waals surface area contributed by atoms with E-state index >= 15 is 0 Å². The van der Waals surface area contributed by atoms with Crippen molar-refractivity contribution in [3.8, 4) is 0 Å². The van der Waals surface area contributed by atoms with Crippen molar-refractivity contribution in [1.29, 1.82) is 0 Å². The quantitative estimate of drug-likeness (QED) is 0.685. The fourth-order valence-corrected chi connectivity index (χ4v) is 1.87. The van der Waals surface area contributed by atoms with Crippen LogP contribution in [-0.4, -0.2) is 23.1 Å². The second-order valence-corrected chi connectivity index (χ2v) is 4.40. The third-order valence-electron chi connectivity index (χ3n) is 3.06. The number of carbonyl (C=O) groups excluding carboxylic acids is 1. The Labute approximate surface area is 116 Å². The molecule has 20 heavy (non-hydrogen) atoms. The van der Waals surface area contributed by atoms with Gasteiger partial charge in [-0.1, -0.05) is 43.0 Å². The number of carboxylic acids is 1. The second kappa shape index (κ2) is 5.57. The van der Waals surface area contributed by atoms with Gasteiger partial charge in [0.15, 0.2) is 0 Å². The summed E-state index contributed by atoms with van der Waals surface area (Å²) < 4.78 is 5.15. The molecule has 2 aromatic rings. The predicted molar refractivity (Wildman–Crippen MR) is 75.6 cm³/mol. The lowest BCUT2D eigenvalue weighted by Crippen LogP contribution is -2.21. The average Bonchev–Trinajstić information content (AvgIpc) is 2.45. The maximum Gasteiger partial charge on any atom is 0.339 e. The molecule has 1 unspecified atom stereocenters. The summed E-state index contributed by atoms with van der Waals surface area (Å²) in [6, 6.07) is 12.7. The first-order chi connectivity index (χ1) is 9.50. The predicted octanol–water partition coefficient (Wildman–Crippen LogP) is 3.03. The standard InChI is InChI=1S/C16H14O4/c1-10(15(17)18)11(2)20-16(19)14-9-5-7-12-6-3-4-8-13(12)14/h3-9,11H,1H2,2H3,(H,17,18). The number of benzene rings is 2. The number of ether oxygens (including phenoxy) is 1. The van der Waals surface area contributed by atoms with E-state index in [1.54, 1.807) is 12.1 Å². The topological polar surface area (TPSA) is 63.6 Å². The van der Waals surface area contributed by atoms with E-state index in [2.05, 4.69) is 6.58 Å². The lowest BCUT2D eigenvalue weighted by molar-refractivity contribution is -0.133. The van der Waals surface area contributed by atoms with E-state index in [0.29, 0.717) is 5.56 Å². The molecule has 0 heterocycles. The first-order valence-electron chi connectivity index (χ1n) is 6.11. The van der Waals surface area contributed by atoms with Crippen LogP contribution in [0.2, 0.25) is 0 Å². The molecule has 0 fully saturated rings. The summed E-state index contributed by atoms with van der Waals surface area (Å²) in [5.74, 6) is -1.74. The van der Waals surface area contributed by atoms with Crippen molar-refractivity contribution < 1.29 is 19.4 Å². The lowest BCUT2D eigenvalue weighted by atomic mass is 10.0. The highest BCUT2D eigenvalue weighted by atomic mass is 16.5. The van der Waals surface area contributed by atoms with Crippen LogP contribution in [0.1, 0.15) is 17.3 Å². The fourth-order valence-electron chi connectivity index (χ4n) is 1.87. The minimum Gasteiger partial charge on any atom is -0.478 e. The summed E-state index contributed by atoms with van der Waals surface area (Å²) in [6.07, 6.45) is -0.876. The number of aliphatic carboxylic acids is 1. The zero-order valence-corrected chi connectivity index (χ0v) is 11.0. The van der Waals surface area contributed by atoms with Gasteiger partial charge in [0.25, 0.3) is 0 Å². The van der Waals surface area contributed by atoms with E-state index in [-0.39, 0.29) is 5.57 Å². The highest BCUT2D eigenvalue weighted by Crippen LogP contribution is 2.20. The Morgan fingerprint density at radius 3 is 2.50 bits per heavy atom. The van der Waals surface area contributed by atoms with E-state index in [4.69, 9.17) is 9.84 Å². The number of hydrogen-bond acceptors (Lipinski definition) is 3. The van der Waals surface area contributed by atoms with Gasteiger partial charge in [0.1, 0.15) is 6.10 Å². The van der Waals surface area contributed by atoms with Crippen LogP contribution in [-0.2, 0) is 9.53 Å². The molecule has 0 saturated carbocycles. The molecule has 0 saturated heterocycles. The zero-order chi connectivity index (χ0) is 14.7. The van der Waals surface area contributed by atoms with Crippen molar-refractivity contribution in [3.63, 3.8) is 0 Å². The Bertz CT molecular complexity index is 682. The summed E-state index contributed by atoms with van der Waals surface area (Å²) in [4.78, 5) is 22.9. The Morgan fingerprint density at radius 1 is 1.15 bits per heavy atom. The van der Waals surface area contributed by atoms with Crippen LogP contribution in [0.5, 0.6) is 0 Å². The molecule has 0 aliphatic heterocycles. The highest BCUT2D eigenvalue weighted by molar-refractivity contribution is 6.04. The molecule has 1 N–H and O–H groups in total. The first-order valence-corrected chi connectivity index (χ1v) is 6.11. The van der Waals surface area contributed by atoms with Gasteiger partial charge in [-0.2, -0.15) is 0 Å². The van der Waals surface area contributed by atoms with Crippen molar-refractivity contribution in [2.24, 2.45) is 0 Å². The molecule has 0 aliphatic carbocycles. The average molecular weight is 270 g/mol. The van der Waals surface area contributed by atoms with Crippen molar-refractivity contribution >= 4 is 22.7 Å². The molecule has 0 spiro atoms. The third kappa shape index (κ3) is 2.69. The summed E-state index contributed by atoms with van der Waals surface area (Å²) in [5, 5.41) is 10.5. The van der Waals surface area contributed by atoms with Crippen LogP contribution < -0.4 is 0 Å². The molecular weight excluding hydrogens is 256 g/mol. The van der Waals surface area contributed by atoms with Crippen molar-refractivity contribution in [1.82, 2.24) is 0 Å². The molecule has 0 aliphatic rings. The second-order valence-electron chi connectivity index (χ2n) is 4.40. The van der Waals surface area contributed by atoms with E-state index in [1.165, 1.54) is 6.92 Å². The van der Waals surface area contributed by atoms with Crippen molar-refractivity contribution in [2.45, 2.75) is 13.0 Å². The number of rotatable bonds is 4. The van der Waals surface area contributed by atoms with Gasteiger partial charge in [0.05, 0.1) is 11.1 Å². The maximum atomic E-state index is 12.1. The van der Waals surface area contributed by atoms with E-state index in [9.17, 15) is 9.59 Å². The van der Waals surface area contributed by atoms with Crippen molar-refractivity contribution in [3.05, 3.63) is 60.2 Å². The number of carboxylic acid groups (broad SMARTS) is 1. The highest BCUT2D eigenvalue weighted by Gasteiger charge is 2.19. The smallest absolute Gasteiger partial charge is 0.339 e. The number of esters is 1.